The van der Waals surface area contributed by atoms with E-state index >= 15 is 0 Å². The lowest BCUT2D eigenvalue weighted by Crippen LogP contribution is -2.30. The van der Waals surface area contributed by atoms with Gasteiger partial charge in [0.1, 0.15) is 0 Å². The summed E-state index contributed by atoms with van der Waals surface area (Å²) in [6.07, 6.45) is 0. The SMILES string of the molecule is CC(C#N)CN(C)C(=O)c1ccc(C(=O)O)cc1. The number of benzene rings is 1. The van der Waals surface area contributed by atoms with Gasteiger partial charge in [0.15, 0.2) is 0 Å². The van der Waals surface area contributed by atoms with E-state index in [0.29, 0.717) is 12.1 Å². The van der Waals surface area contributed by atoms with E-state index in [0.717, 1.165) is 0 Å². The van der Waals surface area contributed by atoms with Crippen molar-refractivity contribution in [2.75, 3.05) is 13.6 Å². The summed E-state index contributed by atoms with van der Waals surface area (Å²) in [5, 5.41) is 17.4. The van der Waals surface area contributed by atoms with Crippen molar-refractivity contribution < 1.29 is 14.7 Å². The minimum absolute atomic E-state index is 0.139. The van der Waals surface area contributed by atoms with Crippen LogP contribution in [0.25, 0.3) is 0 Å². The van der Waals surface area contributed by atoms with E-state index in [-0.39, 0.29) is 17.4 Å². The molecule has 0 spiro atoms. The number of hydrogen-bond donors (Lipinski definition) is 1. The number of hydrogen-bond acceptors (Lipinski definition) is 3. The Morgan fingerprint density at radius 3 is 2.28 bits per heavy atom. The van der Waals surface area contributed by atoms with Crippen LogP contribution < -0.4 is 0 Å². The molecule has 0 fully saturated rings. The first-order valence-corrected chi connectivity index (χ1v) is 5.44. The summed E-state index contributed by atoms with van der Waals surface area (Å²) in [6, 6.07) is 7.77. The standard InChI is InChI=1S/C13H14N2O3/c1-9(7-14)8-15(2)12(16)10-3-5-11(6-4-10)13(17)18/h3-6,9H,8H2,1-2H3,(H,17,18). The molecule has 0 saturated carbocycles. The van der Waals surface area contributed by atoms with Crippen molar-refractivity contribution in [2.24, 2.45) is 5.92 Å². The maximum atomic E-state index is 11.9. The van der Waals surface area contributed by atoms with Gasteiger partial charge < -0.3 is 10.0 Å². The molecule has 1 unspecified atom stereocenters. The Bertz CT molecular complexity index is 488. The molecule has 0 bridgehead atoms. The van der Waals surface area contributed by atoms with Crippen LogP contribution in [-0.4, -0.2) is 35.5 Å². The fraction of sp³-hybridized carbons (Fsp3) is 0.308. The second-order valence-electron chi connectivity index (χ2n) is 4.10. The third-order valence-corrected chi connectivity index (χ3v) is 2.49. The number of rotatable bonds is 4. The summed E-state index contributed by atoms with van der Waals surface area (Å²) in [5.41, 5.74) is 0.548. The molecule has 0 aliphatic rings. The second-order valence-corrected chi connectivity index (χ2v) is 4.10. The van der Waals surface area contributed by atoms with Crippen LogP contribution >= 0.6 is 0 Å². The number of carbonyl (C=O) groups excluding carboxylic acids is 1. The summed E-state index contributed by atoms with van der Waals surface area (Å²) in [4.78, 5) is 24.1. The van der Waals surface area contributed by atoms with Gasteiger partial charge in [0.05, 0.1) is 17.6 Å². The van der Waals surface area contributed by atoms with Crippen molar-refractivity contribution >= 4 is 11.9 Å². The van der Waals surface area contributed by atoms with Gasteiger partial charge in [0.2, 0.25) is 0 Å². The molecular formula is C13H14N2O3. The maximum absolute atomic E-state index is 11.9. The molecule has 94 valence electrons. The highest BCUT2D eigenvalue weighted by Crippen LogP contribution is 2.08. The van der Waals surface area contributed by atoms with E-state index in [1.807, 2.05) is 0 Å². The van der Waals surface area contributed by atoms with Gasteiger partial charge in [-0.2, -0.15) is 5.26 Å². The van der Waals surface area contributed by atoms with E-state index in [1.54, 1.807) is 14.0 Å². The highest BCUT2D eigenvalue weighted by atomic mass is 16.4. The van der Waals surface area contributed by atoms with E-state index in [9.17, 15) is 9.59 Å². The number of carboxylic acid groups (broad SMARTS) is 1. The number of nitriles is 1. The molecule has 0 aliphatic heterocycles. The summed E-state index contributed by atoms with van der Waals surface area (Å²) >= 11 is 0. The molecule has 0 heterocycles. The molecule has 0 aliphatic carbocycles. The number of nitrogens with zero attached hydrogens (tertiary/aromatic N) is 2. The average molecular weight is 246 g/mol. The largest absolute Gasteiger partial charge is 0.478 e. The van der Waals surface area contributed by atoms with Crippen LogP contribution in [0.4, 0.5) is 0 Å². The molecule has 1 N–H and O–H groups in total. The fourth-order valence-electron chi connectivity index (χ4n) is 1.51. The first-order chi connectivity index (χ1) is 8.45. The van der Waals surface area contributed by atoms with Gasteiger partial charge in [-0.1, -0.05) is 0 Å². The maximum Gasteiger partial charge on any atom is 0.335 e. The molecule has 1 rings (SSSR count). The van der Waals surface area contributed by atoms with Crippen molar-refractivity contribution in [3.8, 4) is 6.07 Å². The van der Waals surface area contributed by atoms with Gasteiger partial charge >= 0.3 is 5.97 Å². The van der Waals surface area contributed by atoms with Gasteiger partial charge in [-0.05, 0) is 31.2 Å². The summed E-state index contributed by atoms with van der Waals surface area (Å²) in [5.74, 6) is -1.49. The third-order valence-electron chi connectivity index (χ3n) is 2.49. The first kappa shape index (κ1) is 13.7. The quantitative estimate of drug-likeness (QED) is 0.875. The first-order valence-electron chi connectivity index (χ1n) is 5.44. The van der Waals surface area contributed by atoms with Crippen molar-refractivity contribution in [2.45, 2.75) is 6.92 Å². The molecule has 1 aromatic carbocycles. The molecule has 1 amide bonds. The highest BCUT2D eigenvalue weighted by Gasteiger charge is 2.14. The molecule has 0 saturated heterocycles. The van der Waals surface area contributed by atoms with Gasteiger partial charge in [0, 0.05) is 19.2 Å². The Morgan fingerprint density at radius 2 is 1.83 bits per heavy atom. The molecule has 0 aromatic heterocycles. The van der Waals surface area contributed by atoms with Crippen molar-refractivity contribution in [3.63, 3.8) is 0 Å². The summed E-state index contributed by atoms with van der Waals surface area (Å²) in [7, 11) is 1.61. The molecule has 1 aromatic rings. The zero-order valence-corrected chi connectivity index (χ0v) is 10.3. The Hall–Kier alpha value is -2.35. The van der Waals surface area contributed by atoms with Gasteiger partial charge in [-0.15, -0.1) is 0 Å². The average Bonchev–Trinajstić information content (AvgIpc) is 2.37. The molecule has 0 radical (unpaired) electrons. The van der Waals surface area contributed by atoms with Crippen LogP contribution in [0.2, 0.25) is 0 Å². The topological polar surface area (TPSA) is 81.4 Å². The summed E-state index contributed by atoms with van der Waals surface area (Å²) < 4.78 is 0. The Morgan fingerprint density at radius 1 is 1.33 bits per heavy atom. The van der Waals surface area contributed by atoms with Crippen LogP contribution in [0, 0.1) is 17.2 Å². The van der Waals surface area contributed by atoms with Crippen molar-refractivity contribution in [3.05, 3.63) is 35.4 Å². The predicted molar refractivity (Wildman–Crippen MR) is 65.1 cm³/mol. The fourth-order valence-corrected chi connectivity index (χ4v) is 1.51. The van der Waals surface area contributed by atoms with E-state index in [1.165, 1.54) is 29.2 Å². The number of aromatic carboxylic acids is 1. The van der Waals surface area contributed by atoms with Crippen LogP contribution in [0.15, 0.2) is 24.3 Å². The summed E-state index contributed by atoms with van der Waals surface area (Å²) in [6.45, 7) is 2.08. The number of amides is 1. The predicted octanol–water partition coefficient (Wildman–Crippen LogP) is 1.62. The Balaban J connectivity index is 2.78. The van der Waals surface area contributed by atoms with Crippen LogP contribution in [0.1, 0.15) is 27.6 Å². The van der Waals surface area contributed by atoms with Gasteiger partial charge in [-0.25, -0.2) is 4.79 Å². The zero-order valence-electron chi connectivity index (χ0n) is 10.3. The zero-order chi connectivity index (χ0) is 13.7. The molecule has 5 heteroatoms. The van der Waals surface area contributed by atoms with Crippen molar-refractivity contribution in [1.29, 1.82) is 5.26 Å². The lowest BCUT2D eigenvalue weighted by atomic mass is 10.1. The Kier molecular flexibility index (Phi) is 4.44. The van der Waals surface area contributed by atoms with E-state index < -0.39 is 5.97 Å². The number of carboxylic acids is 1. The minimum atomic E-state index is -1.03. The van der Waals surface area contributed by atoms with Crippen LogP contribution in [0.3, 0.4) is 0 Å². The van der Waals surface area contributed by atoms with E-state index in [4.69, 9.17) is 10.4 Å². The monoisotopic (exact) mass is 246 g/mol. The lowest BCUT2D eigenvalue weighted by molar-refractivity contribution is 0.0695. The highest BCUT2D eigenvalue weighted by molar-refractivity contribution is 5.95. The minimum Gasteiger partial charge on any atom is -0.478 e. The third kappa shape index (κ3) is 3.32. The van der Waals surface area contributed by atoms with Crippen LogP contribution in [-0.2, 0) is 0 Å². The molecule has 1 atom stereocenters. The Labute approximate surface area is 105 Å². The molecule has 18 heavy (non-hydrogen) atoms. The van der Waals surface area contributed by atoms with Crippen molar-refractivity contribution in [1.82, 2.24) is 4.90 Å². The molecule has 5 nitrogen and oxygen atoms in total. The molecular weight excluding hydrogens is 232 g/mol. The second kappa shape index (κ2) is 5.82. The van der Waals surface area contributed by atoms with Gasteiger partial charge in [0.25, 0.3) is 5.91 Å². The van der Waals surface area contributed by atoms with Gasteiger partial charge in [-0.3, -0.25) is 4.79 Å². The van der Waals surface area contributed by atoms with Crippen LogP contribution in [0.5, 0.6) is 0 Å². The lowest BCUT2D eigenvalue weighted by Gasteiger charge is -2.18. The van der Waals surface area contributed by atoms with E-state index in [2.05, 4.69) is 6.07 Å². The smallest absolute Gasteiger partial charge is 0.335 e. The normalized spacial score (nSPS) is 11.4. The number of carbonyl (C=O) groups is 2.